The Morgan fingerprint density at radius 1 is 0.889 bits per heavy atom. The van der Waals surface area contributed by atoms with Gasteiger partial charge in [0.2, 0.25) is 0 Å². The summed E-state index contributed by atoms with van der Waals surface area (Å²) < 4.78 is 6.03. The summed E-state index contributed by atoms with van der Waals surface area (Å²) in [5.41, 5.74) is 4.29. The normalized spacial score (nSPS) is 11.8. The third-order valence-corrected chi connectivity index (χ3v) is 4.52. The fraction of sp³-hybridized carbons (Fsp3) is 0.250. The summed E-state index contributed by atoms with van der Waals surface area (Å²) >= 11 is 0. The number of aryl methyl sites for hydroxylation is 1. The van der Waals surface area contributed by atoms with Crippen molar-refractivity contribution in [2.45, 2.75) is 32.5 Å². The van der Waals surface area contributed by atoms with E-state index in [4.69, 9.17) is 4.74 Å². The molecule has 0 heterocycles. The number of aliphatic hydroxyl groups excluding tert-OH is 1. The van der Waals surface area contributed by atoms with Gasteiger partial charge in [0.15, 0.2) is 0 Å². The Bertz CT molecular complexity index is 816. The summed E-state index contributed by atoms with van der Waals surface area (Å²) in [6.07, 6.45) is 1.56. The lowest BCUT2D eigenvalue weighted by atomic mass is 10.1. The third kappa shape index (κ3) is 5.87. The molecule has 0 saturated carbocycles. The lowest BCUT2D eigenvalue weighted by molar-refractivity contribution is 0.199. The molecule has 3 heteroatoms. The van der Waals surface area contributed by atoms with Gasteiger partial charge in [-0.3, -0.25) is 0 Å². The van der Waals surface area contributed by atoms with E-state index in [0.717, 1.165) is 42.0 Å². The minimum atomic E-state index is -0.502. The molecule has 0 bridgehead atoms. The number of hydrogen-bond acceptors (Lipinski definition) is 3. The third-order valence-electron chi connectivity index (χ3n) is 4.52. The second-order valence-electron chi connectivity index (χ2n) is 6.72. The molecule has 0 radical (unpaired) electrons. The van der Waals surface area contributed by atoms with E-state index in [9.17, 15) is 5.11 Å². The molecule has 3 aromatic carbocycles. The van der Waals surface area contributed by atoms with Crippen molar-refractivity contribution in [3.05, 3.63) is 95.6 Å². The van der Waals surface area contributed by atoms with Crippen LogP contribution in [0, 0.1) is 0 Å². The van der Waals surface area contributed by atoms with Crippen LogP contribution < -0.4 is 10.1 Å². The van der Waals surface area contributed by atoms with E-state index >= 15 is 0 Å². The van der Waals surface area contributed by atoms with Crippen LogP contribution in [0.2, 0.25) is 0 Å². The van der Waals surface area contributed by atoms with E-state index in [1.165, 1.54) is 5.56 Å². The molecular weight excluding hydrogens is 334 g/mol. The van der Waals surface area contributed by atoms with Crippen molar-refractivity contribution in [2.75, 3.05) is 11.9 Å². The van der Waals surface area contributed by atoms with Crippen LogP contribution in [0.5, 0.6) is 5.75 Å². The largest absolute Gasteiger partial charge is 0.487 e. The Morgan fingerprint density at radius 3 is 2.22 bits per heavy atom. The van der Waals surface area contributed by atoms with Crippen LogP contribution in [-0.2, 0) is 13.0 Å². The smallest absolute Gasteiger partial charge is 0.142 e. The van der Waals surface area contributed by atoms with E-state index in [1.54, 1.807) is 6.92 Å². The van der Waals surface area contributed by atoms with E-state index in [-0.39, 0.29) is 0 Å². The molecule has 0 aliphatic carbocycles. The zero-order valence-corrected chi connectivity index (χ0v) is 15.8. The summed E-state index contributed by atoms with van der Waals surface area (Å²) in [7, 11) is 0. The van der Waals surface area contributed by atoms with Crippen LogP contribution in [0.3, 0.4) is 0 Å². The van der Waals surface area contributed by atoms with E-state index in [0.29, 0.717) is 6.61 Å². The van der Waals surface area contributed by atoms with Crippen molar-refractivity contribution in [2.24, 2.45) is 0 Å². The van der Waals surface area contributed by atoms with Gasteiger partial charge < -0.3 is 15.2 Å². The van der Waals surface area contributed by atoms with Gasteiger partial charge in [0.05, 0.1) is 11.8 Å². The molecule has 2 N–H and O–H groups in total. The van der Waals surface area contributed by atoms with E-state index < -0.39 is 6.10 Å². The summed E-state index contributed by atoms with van der Waals surface area (Å²) in [5.74, 6) is 0.808. The molecule has 3 rings (SSSR count). The van der Waals surface area contributed by atoms with Gasteiger partial charge in [0, 0.05) is 6.54 Å². The van der Waals surface area contributed by atoms with Crippen LogP contribution in [0.25, 0.3) is 0 Å². The zero-order chi connectivity index (χ0) is 18.9. The van der Waals surface area contributed by atoms with Crippen molar-refractivity contribution < 1.29 is 9.84 Å². The first-order valence-corrected chi connectivity index (χ1v) is 9.49. The second-order valence-corrected chi connectivity index (χ2v) is 6.72. The molecule has 3 aromatic rings. The summed E-state index contributed by atoms with van der Waals surface area (Å²) in [5, 5.41) is 13.4. The predicted molar refractivity (Wildman–Crippen MR) is 111 cm³/mol. The Hall–Kier alpha value is -2.78. The average molecular weight is 361 g/mol. The van der Waals surface area contributed by atoms with Crippen LogP contribution in [0.15, 0.2) is 78.9 Å². The molecule has 140 valence electrons. The minimum absolute atomic E-state index is 0.502. The van der Waals surface area contributed by atoms with Gasteiger partial charge in [-0.15, -0.1) is 0 Å². The number of anilines is 1. The molecule has 0 amide bonds. The van der Waals surface area contributed by atoms with Gasteiger partial charge in [-0.2, -0.15) is 0 Å². The number of rotatable bonds is 9. The topological polar surface area (TPSA) is 41.5 Å². The highest BCUT2D eigenvalue weighted by Crippen LogP contribution is 2.29. The number of benzene rings is 3. The molecule has 0 fully saturated rings. The Morgan fingerprint density at radius 2 is 1.56 bits per heavy atom. The quantitative estimate of drug-likeness (QED) is 0.504. The number of nitrogens with one attached hydrogen (secondary N) is 1. The first-order valence-electron chi connectivity index (χ1n) is 9.49. The number of aliphatic hydroxyl groups is 1. The zero-order valence-electron chi connectivity index (χ0n) is 15.8. The summed E-state index contributed by atoms with van der Waals surface area (Å²) in [4.78, 5) is 0. The maximum Gasteiger partial charge on any atom is 0.142 e. The first-order chi connectivity index (χ1) is 13.2. The Balaban J connectivity index is 1.62. The molecular formula is C24H27NO2. The van der Waals surface area contributed by atoms with Gasteiger partial charge in [0.25, 0.3) is 0 Å². The Labute approximate surface area is 161 Å². The van der Waals surface area contributed by atoms with Gasteiger partial charge in [-0.25, -0.2) is 0 Å². The fourth-order valence-electron chi connectivity index (χ4n) is 2.97. The molecule has 0 aliphatic heterocycles. The standard InChI is InChI=1S/C24H27NO2/c1-19(26)22-14-15-24(27-18-21-11-6-3-7-12-21)23(17-22)25-16-8-13-20-9-4-2-5-10-20/h2-7,9-12,14-15,17,19,25-26H,8,13,16,18H2,1H3/t19-/m1/s1. The molecule has 0 aromatic heterocycles. The van der Waals surface area contributed by atoms with Gasteiger partial charge in [-0.1, -0.05) is 66.7 Å². The molecule has 0 aliphatic rings. The second kappa shape index (κ2) is 9.79. The fourth-order valence-corrected chi connectivity index (χ4v) is 2.97. The lowest BCUT2D eigenvalue weighted by Gasteiger charge is -2.16. The Kier molecular flexibility index (Phi) is 6.89. The van der Waals surface area contributed by atoms with Crippen LogP contribution in [0.1, 0.15) is 36.1 Å². The lowest BCUT2D eigenvalue weighted by Crippen LogP contribution is -2.07. The highest BCUT2D eigenvalue weighted by atomic mass is 16.5. The van der Waals surface area contributed by atoms with Crippen molar-refractivity contribution in [3.8, 4) is 5.75 Å². The van der Waals surface area contributed by atoms with Gasteiger partial charge in [-0.05, 0) is 48.6 Å². The van der Waals surface area contributed by atoms with Crippen molar-refractivity contribution in [3.63, 3.8) is 0 Å². The first kappa shape index (κ1) is 19.0. The predicted octanol–water partition coefficient (Wildman–Crippen LogP) is 5.36. The average Bonchev–Trinajstić information content (AvgIpc) is 2.71. The van der Waals surface area contributed by atoms with Crippen LogP contribution in [0.4, 0.5) is 5.69 Å². The van der Waals surface area contributed by atoms with Crippen molar-refractivity contribution in [1.82, 2.24) is 0 Å². The van der Waals surface area contributed by atoms with Crippen molar-refractivity contribution >= 4 is 5.69 Å². The molecule has 0 spiro atoms. The molecule has 3 nitrogen and oxygen atoms in total. The molecule has 1 atom stereocenters. The maximum absolute atomic E-state index is 9.90. The van der Waals surface area contributed by atoms with Gasteiger partial charge in [0.1, 0.15) is 12.4 Å². The number of ether oxygens (including phenoxy) is 1. The van der Waals surface area contributed by atoms with Crippen molar-refractivity contribution in [1.29, 1.82) is 0 Å². The molecule has 0 saturated heterocycles. The summed E-state index contributed by atoms with van der Waals surface area (Å²) in [6.45, 7) is 3.15. The SMILES string of the molecule is C[C@@H](O)c1ccc(OCc2ccccc2)c(NCCCc2ccccc2)c1. The molecule has 27 heavy (non-hydrogen) atoms. The highest BCUT2D eigenvalue weighted by Gasteiger charge is 2.09. The van der Waals surface area contributed by atoms with E-state index in [1.807, 2.05) is 42.5 Å². The maximum atomic E-state index is 9.90. The van der Waals surface area contributed by atoms with Crippen LogP contribution >= 0.6 is 0 Å². The van der Waals surface area contributed by atoms with E-state index in [2.05, 4.69) is 41.7 Å². The molecule has 0 unspecified atom stereocenters. The van der Waals surface area contributed by atoms with Gasteiger partial charge >= 0.3 is 0 Å². The minimum Gasteiger partial charge on any atom is -0.487 e. The monoisotopic (exact) mass is 361 g/mol. The number of hydrogen-bond donors (Lipinski definition) is 2. The summed E-state index contributed by atoms with van der Waals surface area (Å²) in [6, 6.07) is 26.5. The van der Waals surface area contributed by atoms with Crippen LogP contribution in [-0.4, -0.2) is 11.7 Å². The highest BCUT2D eigenvalue weighted by molar-refractivity contribution is 5.58.